The molecule has 160 valence electrons. The zero-order valence-electron chi connectivity index (χ0n) is 18.5. The monoisotopic (exact) mass is 424 g/mol. The molecule has 0 aliphatic heterocycles. The van der Waals surface area contributed by atoms with Crippen molar-refractivity contribution in [2.24, 2.45) is 0 Å². The molecule has 0 N–H and O–H groups in total. The van der Waals surface area contributed by atoms with Crippen LogP contribution in [0.2, 0.25) is 0 Å². The Bertz CT molecular complexity index is 765. The predicted octanol–water partition coefficient (Wildman–Crippen LogP) is 4.90. The fraction of sp³-hybridized carbons (Fsp3) is 0.308. The lowest BCUT2D eigenvalue weighted by Crippen LogP contribution is -2.21. The number of hydrogen-bond donors (Lipinski definition) is 0. The maximum absolute atomic E-state index is 5.88. The summed E-state index contributed by atoms with van der Waals surface area (Å²) in [6.07, 6.45) is 1.16. The van der Waals surface area contributed by atoms with E-state index in [1.165, 1.54) is 15.9 Å². The van der Waals surface area contributed by atoms with Crippen molar-refractivity contribution in [3.8, 4) is 5.75 Å². The second kappa shape index (κ2) is 13.9. The van der Waals surface area contributed by atoms with Gasteiger partial charge in [0.1, 0.15) is 11.9 Å². The highest BCUT2D eigenvalue weighted by Gasteiger charge is 2.16. The molecule has 1 unspecified atom stereocenters. The van der Waals surface area contributed by atoms with Gasteiger partial charge in [-0.15, -0.1) is 0 Å². The van der Waals surface area contributed by atoms with Gasteiger partial charge in [-0.05, 0) is 49.3 Å². The number of rotatable bonds is 9. The first-order valence-electron chi connectivity index (χ1n) is 10.3. The first-order valence-corrected chi connectivity index (χ1v) is 11.7. The molecular weight excluding hydrogens is 391 g/mol. The van der Waals surface area contributed by atoms with E-state index >= 15 is 0 Å². The van der Waals surface area contributed by atoms with Gasteiger partial charge >= 0.3 is 0 Å². The van der Waals surface area contributed by atoms with Crippen LogP contribution >= 0.6 is 7.92 Å². The maximum Gasteiger partial charge on any atom is 0.119 e. The molecule has 4 heteroatoms. The fourth-order valence-electron chi connectivity index (χ4n) is 2.98. The van der Waals surface area contributed by atoms with Crippen molar-refractivity contribution >= 4 is 23.8 Å². The number of ether oxygens (including phenoxy) is 3. The van der Waals surface area contributed by atoms with E-state index in [1.807, 2.05) is 6.92 Å². The van der Waals surface area contributed by atoms with Crippen molar-refractivity contribution in [2.45, 2.75) is 26.4 Å². The molecule has 3 rings (SSSR count). The Kier molecular flexibility index (Phi) is 11.2. The summed E-state index contributed by atoms with van der Waals surface area (Å²) in [6.45, 7) is 5.57. The average Bonchev–Trinajstić information content (AvgIpc) is 2.78. The largest absolute Gasteiger partial charge is 0.488 e. The minimum atomic E-state index is -0.566. The first-order chi connectivity index (χ1) is 14.7. The third-order valence-electron chi connectivity index (χ3n) is 4.27. The van der Waals surface area contributed by atoms with Gasteiger partial charge < -0.3 is 14.2 Å². The van der Waals surface area contributed by atoms with Crippen LogP contribution in [0.1, 0.15) is 20.3 Å². The molecule has 0 aliphatic rings. The topological polar surface area (TPSA) is 27.7 Å². The summed E-state index contributed by atoms with van der Waals surface area (Å²) in [4.78, 5) is 0. The molecule has 0 saturated heterocycles. The third-order valence-corrected chi connectivity index (χ3v) is 6.71. The average molecular weight is 425 g/mol. The van der Waals surface area contributed by atoms with Crippen LogP contribution in [0.4, 0.5) is 0 Å². The molecule has 0 amide bonds. The Morgan fingerprint density at radius 2 is 1.20 bits per heavy atom. The number of methoxy groups -OCH3 is 2. The van der Waals surface area contributed by atoms with E-state index in [1.54, 1.807) is 14.2 Å². The minimum absolute atomic E-state index is 0.0422. The fourth-order valence-corrected chi connectivity index (χ4v) is 5.26. The molecule has 3 aromatic carbocycles. The van der Waals surface area contributed by atoms with Crippen LogP contribution in [0.5, 0.6) is 5.75 Å². The molecule has 0 fully saturated rings. The zero-order valence-corrected chi connectivity index (χ0v) is 19.3. The van der Waals surface area contributed by atoms with E-state index in [-0.39, 0.29) is 6.10 Å². The highest BCUT2D eigenvalue weighted by Crippen LogP contribution is 2.33. The minimum Gasteiger partial charge on any atom is -0.488 e. The van der Waals surface area contributed by atoms with Crippen LogP contribution in [-0.2, 0) is 9.47 Å². The second-order valence-corrected chi connectivity index (χ2v) is 9.10. The van der Waals surface area contributed by atoms with Crippen molar-refractivity contribution in [3.05, 3.63) is 84.9 Å². The molecule has 0 radical (unpaired) electrons. The van der Waals surface area contributed by atoms with Gasteiger partial charge in [-0.1, -0.05) is 79.7 Å². The van der Waals surface area contributed by atoms with E-state index < -0.39 is 7.92 Å². The van der Waals surface area contributed by atoms with Gasteiger partial charge in [-0.2, -0.15) is 0 Å². The van der Waals surface area contributed by atoms with Crippen molar-refractivity contribution in [1.82, 2.24) is 0 Å². The highest BCUT2D eigenvalue weighted by atomic mass is 31.1. The normalized spacial score (nSPS) is 11.5. The Labute approximate surface area is 182 Å². The van der Waals surface area contributed by atoms with Crippen LogP contribution in [0, 0.1) is 0 Å². The third kappa shape index (κ3) is 7.91. The molecule has 0 spiro atoms. The van der Waals surface area contributed by atoms with Crippen LogP contribution in [0.25, 0.3) is 0 Å². The summed E-state index contributed by atoms with van der Waals surface area (Å²) >= 11 is 0. The molecule has 0 heterocycles. The number of hydrogen-bond acceptors (Lipinski definition) is 3. The van der Waals surface area contributed by atoms with Crippen molar-refractivity contribution < 1.29 is 14.2 Å². The Balaban J connectivity index is 0.000000575. The highest BCUT2D eigenvalue weighted by molar-refractivity contribution is 7.79. The Morgan fingerprint density at radius 1 is 0.700 bits per heavy atom. The Morgan fingerprint density at radius 3 is 1.60 bits per heavy atom. The van der Waals surface area contributed by atoms with Crippen LogP contribution < -0.4 is 20.7 Å². The lowest BCUT2D eigenvalue weighted by Gasteiger charge is -2.20. The number of benzene rings is 3. The van der Waals surface area contributed by atoms with E-state index in [9.17, 15) is 0 Å². The molecule has 30 heavy (non-hydrogen) atoms. The van der Waals surface area contributed by atoms with E-state index in [0.717, 1.165) is 18.8 Å². The summed E-state index contributed by atoms with van der Waals surface area (Å²) in [7, 11) is 2.84. The van der Waals surface area contributed by atoms with Gasteiger partial charge in [0.2, 0.25) is 0 Å². The molecule has 3 aromatic rings. The SMILES string of the molecule is CCCOC.COCC(C)Oc1ccc(P(c2ccccc2)c2ccccc2)cc1. The quantitative estimate of drug-likeness (QED) is 0.457. The summed E-state index contributed by atoms with van der Waals surface area (Å²) in [5, 5.41) is 4.02. The van der Waals surface area contributed by atoms with Gasteiger partial charge in [-0.25, -0.2) is 0 Å². The molecule has 1 atom stereocenters. The lowest BCUT2D eigenvalue weighted by molar-refractivity contribution is 0.0921. The molecule has 0 aromatic heterocycles. The van der Waals surface area contributed by atoms with Gasteiger partial charge in [-0.3, -0.25) is 0 Å². The summed E-state index contributed by atoms with van der Waals surface area (Å²) in [6, 6.07) is 29.9. The Hall–Kier alpha value is -2.19. The van der Waals surface area contributed by atoms with Gasteiger partial charge in [0.05, 0.1) is 6.61 Å². The van der Waals surface area contributed by atoms with Crippen LogP contribution in [-0.4, -0.2) is 33.5 Å². The second-order valence-electron chi connectivity index (χ2n) is 6.88. The van der Waals surface area contributed by atoms with Gasteiger partial charge in [0, 0.05) is 20.8 Å². The molecule has 0 saturated carbocycles. The summed E-state index contributed by atoms with van der Waals surface area (Å²) in [5.41, 5.74) is 0. The summed E-state index contributed by atoms with van der Waals surface area (Å²) in [5.74, 6) is 0.879. The van der Waals surface area contributed by atoms with Crippen molar-refractivity contribution in [1.29, 1.82) is 0 Å². The van der Waals surface area contributed by atoms with Crippen molar-refractivity contribution in [2.75, 3.05) is 27.4 Å². The lowest BCUT2D eigenvalue weighted by atomic mass is 10.3. The van der Waals surface area contributed by atoms with Crippen LogP contribution in [0.3, 0.4) is 0 Å². The predicted molar refractivity (Wildman–Crippen MR) is 129 cm³/mol. The van der Waals surface area contributed by atoms with E-state index in [2.05, 4.69) is 91.9 Å². The van der Waals surface area contributed by atoms with Gasteiger partial charge in [0.25, 0.3) is 0 Å². The zero-order chi connectivity index (χ0) is 21.6. The molecule has 3 nitrogen and oxygen atoms in total. The maximum atomic E-state index is 5.88. The first kappa shape index (κ1) is 24.1. The smallest absolute Gasteiger partial charge is 0.119 e. The standard InChI is InChI=1S/C22H23O2P.C4H10O/c1-18(17-23-2)24-19-13-15-22(16-14-19)25(20-9-5-3-6-10-20)21-11-7-4-8-12-21;1-3-4-5-2/h3-16,18H,17H2,1-2H3;3-4H2,1-2H3. The van der Waals surface area contributed by atoms with E-state index in [4.69, 9.17) is 14.2 Å². The summed E-state index contributed by atoms with van der Waals surface area (Å²) < 4.78 is 15.7. The van der Waals surface area contributed by atoms with E-state index in [0.29, 0.717) is 6.61 Å². The van der Waals surface area contributed by atoms with Crippen molar-refractivity contribution in [3.63, 3.8) is 0 Å². The molecular formula is C26H33O3P. The molecule has 0 aliphatic carbocycles. The molecule has 0 bridgehead atoms. The van der Waals surface area contributed by atoms with Gasteiger partial charge in [0.15, 0.2) is 0 Å². The van der Waals surface area contributed by atoms with Crippen LogP contribution in [0.15, 0.2) is 84.9 Å².